The Labute approximate surface area is 126 Å². The minimum atomic E-state index is -0.461. The number of halogens is 1. The van der Waals surface area contributed by atoms with E-state index in [1.807, 2.05) is 13.8 Å². The average Bonchev–Trinajstić information content (AvgIpc) is 2.77. The number of anilines is 3. The van der Waals surface area contributed by atoms with Crippen LogP contribution in [0.5, 0.6) is 0 Å². The van der Waals surface area contributed by atoms with Crippen LogP contribution in [0.25, 0.3) is 0 Å². The molecule has 1 heterocycles. The molecule has 0 atom stereocenters. The van der Waals surface area contributed by atoms with Gasteiger partial charge in [0.1, 0.15) is 16.5 Å². The molecule has 0 saturated carbocycles. The molecule has 1 amide bonds. The molecule has 0 radical (unpaired) electrons. The second-order valence-corrected chi connectivity index (χ2v) is 5.85. The molecule has 112 valence electrons. The molecule has 1 aromatic heterocycles. The first-order chi connectivity index (χ1) is 9.90. The van der Waals surface area contributed by atoms with Gasteiger partial charge in [-0.15, -0.1) is 0 Å². The third-order valence-electron chi connectivity index (χ3n) is 2.78. The van der Waals surface area contributed by atoms with Crippen LogP contribution in [0, 0.1) is 5.82 Å². The zero-order valence-corrected chi connectivity index (χ0v) is 12.9. The molecule has 5 nitrogen and oxygen atoms in total. The van der Waals surface area contributed by atoms with E-state index < -0.39 is 5.82 Å². The molecule has 3 N–H and O–H groups in total. The standard InChI is InChI=1S/C14H17FN4OS/c1-8(2)17-14-18-12(16)11(21-14)13(20)19(3)10-7-5-4-6-9(10)15/h4-8H,16H2,1-3H3,(H,17,18). The zero-order valence-electron chi connectivity index (χ0n) is 12.1. The van der Waals surface area contributed by atoms with E-state index in [-0.39, 0.29) is 23.5 Å². The number of amides is 1. The van der Waals surface area contributed by atoms with Crippen molar-refractivity contribution in [2.45, 2.75) is 19.9 Å². The second-order valence-electron chi connectivity index (χ2n) is 4.85. The highest BCUT2D eigenvalue weighted by Crippen LogP contribution is 2.28. The summed E-state index contributed by atoms with van der Waals surface area (Å²) in [4.78, 5) is 18.1. The number of thiazole rings is 1. The zero-order chi connectivity index (χ0) is 15.6. The predicted octanol–water partition coefficient (Wildman–Crippen LogP) is 2.96. The molecule has 0 bridgehead atoms. The van der Waals surface area contributed by atoms with Crippen molar-refractivity contribution in [3.63, 3.8) is 0 Å². The third-order valence-corrected chi connectivity index (χ3v) is 3.77. The molecule has 0 fully saturated rings. The Kier molecular flexibility index (Phi) is 4.42. The molecule has 0 aliphatic rings. The summed E-state index contributed by atoms with van der Waals surface area (Å²) in [5.74, 6) is -0.694. The topological polar surface area (TPSA) is 71.2 Å². The molecule has 0 unspecified atom stereocenters. The number of aromatic nitrogens is 1. The number of rotatable bonds is 4. The summed E-state index contributed by atoms with van der Waals surface area (Å²) in [7, 11) is 1.51. The lowest BCUT2D eigenvalue weighted by molar-refractivity contribution is 0.0996. The average molecular weight is 308 g/mol. The van der Waals surface area contributed by atoms with Crippen molar-refractivity contribution in [2.24, 2.45) is 0 Å². The number of nitrogens with two attached hydrogens (primary N) is 1. The van der Waals surface area contributed by atoms with E-state index in [2.05, 4.69) is 10.3 Å². The lowest BCUT2D eigenvalue weighted by atomic mass is 10.2. The molecular weight excluding hydrogens is 291 g/mol. The molecule has 7 heteroatoms. The molecule has 0 saturated heterocycles. The van der Waals surface area contributed by atoms with Crippen LogP contribution in [-0.4, -0.2) is 24.0 Å². The predicted molar refractivity (Wildman–Crippen MR) is 84.4 cm³/mol. The van der Waals surface area contributed by atoms with Crippen LogP contribution in [0.15, 0.2) is 24.3 Å². The molecule has 2 aromatic rings. The Morgan fingerprint density at radius 3 is 2.71 bits per heavy atom. The minimum absolute atomic E-state index is 0.149. The number of nitrogen functional groups attached to an aromatic ring is 1. The second kappa shape index (κ2) is 6.09. The third kappa shape index (κ3) is 3.30. The fraction of sp³-hybridized carbons (Fsp3) is 0.286. The molecule has 0 aliphatic carbocycles. The van der Waals surface area contributed by atoms with Gasteiger partial charge in [0, 0.05) is 13.1 Å². The van der Waals surface area contributed by atoms with E-state index in [0.717, 1.165) is 11.3 Å². The summed E-state index contributed by atoms with van der Waals surface area (Å²) in [6.07, 6.45) is 0. The molecule has 1 aromatic carbocycles. The molecular formula is C14H17FN4OS. The highest BCUT2D eigenvalue weighted by atomic mass is 32.1. The highest BCUT2D eigenvalue weighted by Gasteiger charge is 2.22. The molecule has 2 rings (SSSR count). The SMILES string of the molecule is CC(C)Nc1nc(N)c(C(=O)N(C)c2ccccc2F)s1. The first-order valence-corrected chi connectivity index (χ1v) is 7.27. The number of hydrogen-bond acceptors (Lipinski definition) is 5. The van der Waals surface area contributed by atoms with Crippen molar-refractivity contribution in [3.8, 4) is 0 Å². The largest absolute Gasteiger partial charge is 0.382 e. The fourth-order valence-corrected chi connectivity index (χ4v) is 2.79. The van der Waals surface area contributed by atoms with Gasteiger partial charge in [-0.25, -0.2) is 9.37 Å². The summed E-state index contributed by atoms with van der Waals surface area (Å²) < 4.78 is 13.7. The summed E-state index contributed by atoms with van der Waals surface area (Å²) in [5, 5.41) is 3.67. The van der Waals surface area contributed by atoms with Crippen molar-refractivity contribution >= 4 is 33.9 Å². The van der Waals surface area contributed by atoms with Crippen LogP contribution in [0.4, 0.5) is 21.0 Å². The lowest BCUT2D eigenvalue weighted by Crippen LogP contribution is -2.27. The minimum Gasteiger partial charge on any atom is -0.382 e. The number of nitrogens with one attached hydrogen (secondary N) is 1. The van der Waals surface area contributed by atoms with E-state index in [0.29, 0.717) is 10.0 Å². The van der Waals surface area contributed by atoms with Gasteiger partial charge < -0.3 is 16.0 Å². The van der Waals surface area contributed by atoms with Gasteiger partial charge in [-0.2, -0.15) is 0 Å². The van der Waals surface area contributed by atoms with E-state index in [4.69, 9.17) is 5.73 Å². The van der Waals surface area contributed by atoms with E-state index in [9.17, 15) is 9.18 Å². The highest BCUT2D eigenvalue weighted by molar-refractivity contribution is 7.18. The number of carbonyl (C=O) groups excluding carboxylic acids is 1. The summed E-state index contributed by atoms with van der Waals surface area (Å²) in [6, 6.07) is 6.27. The van der Waals surface area contributed by atoms with Gasteiger partial charge in [0.05, 0.1) is 5.69 Å². The van der Waals surface area contributed by atoms with Gasteiger partial charge >= 0.3 is 0 Å². The van der Waals surface area contributed by atoms with Crippen LogP contribution in [0.3, 0.4) is 0 Å². The van der Waals surface area contributed by atoms with Crippen LogP contribution in [0.2, 0.25) is 0 Å². The summed E-state index contributed by atoms with van der Waals surface area (Å²) in [5.41, 5.74) is 5.99. The maximum Gasteiger partial charge on any atom is 0.272 e. The smallest absolute Gasteiger partial charge is 0.272 e. The van der Waals surface area contributed by atoms with Crippen LogP contribution < -0.4 is 16.0 Å². The van der Waals surface area contributed by atoms with Gasteiger partial charge in [-0.05, 0) is 26.0 Å². The number of hydrogen-bond donors (Lipinski definition) is 2. The van der Waals surface area contributed by atoms with E-state index in [1.54, 1.807) is 12.1 Å². The maximum absolute atomic E-state index is 13.7. The van der Waals surface area contributed by atoms with Crippen molar-refractivity contribution in [3.05, 3.63) is 35.0 Å². The van der Waals surface area contributed by atoms with Crippen LogP contribution in [-0.2, 0) is 0 Å². The fourth-order valence-electron chi connectivity index (χ4n) is 1.78. The number of benzene rings is 1. The first kappa shape index (κ1) is 15.2. The Balaban J connectivity index is 2.28. The van der Waals surface area contributed by atoms with Gasteiger partial charge in [0.2, 0.25) is 0 Å². The summed E-state index contributed by atoms with van der Waals surface area (Å²) in [6.45, 7) is 3.93. The molecule has 21 heavy (non-hydrogen) atoms. The van der Waals surface area contributed by atoms with Gasteiger partial charge in [0.25, 0.3) is 5.91 Å². The number of para-hydroxylation sites is 1. The van der Waals surface area contributed by atoms with Crippen molar-refractivity contribution in [1.29, 1.82) is 0 Å². The normalized spacial score (nSPS) is 10.7. The van der Waals surface area contributed by atoms with E-state index in [1.165, 1.54) is 24.1 Å². The van der Waals surface area contributed by atoms with Crippen LogP contribution in [0.1, 0.15) is 23.5 Å². The Morgan fingerprint density at radius 1 is 1.43 bits per heavy atom. The molecule has 0 spiro atoms. The lowest BCUT2D eigenvalue weighted by Gasteiger charge is -2.17. The van der Waals surface area contributed by atoms with Gasteiger partial charge in [-0.1, -0.05) is 23.5 Å². The first-order valence-electron chi connectivity index (χ1n) is 6.45. The van der Waals surface area contributed by atoms with Crippen molar-refractivity contribution in [2.75, 3.05) is 23.0 Å². The van der Waals surface area contributed by atoms with E-state index >= 15 is 0 Å². The van der Waals surface area contributed by atoms with Crippen LogP contribution >= 0.6 is 11.3 Å². The van der Waals surface area contributed by atoms with Crippen molar-refractivity contribution < 1.29 is 9.18 Å². The maximum atomic E-state index is 13.7. The van der Waals surface area contributed by atoms with Gasteiger partial charge in [-0.3, -0.25) is 4.79 Å². The van der Waals surface area contributed by atoms with Gasteiger partial charge in [0.15, 0.2) is 5.13 Å². The Bertz CT molecular complexity index is 656. The monoisotopic (exact) mass is 308 g/mol. The quantitative estimate of drug-likeness (QED) is 0.911. The molecule has 0 aliphatic heterocycles. The Hall–Kier alpha value is -2.15. The Morgan fingerprint density at radius 2 is 2.10 bits per heavy atom. The van der Waals surface area contributed by atoms with Crippen molar-refractivity contribution in [1.82, 2.24) is 4.98 Å². The summed E-state index contributed by atoms with van der Waals surface area (Å²) >= 11 is 1.16. The number of nitrogens with zero attached hydrogens (tertiary/aromatic N) is 2. The number of carbonyl (C=O) groups is 1.